The molecule has 1 N–H and O–H groups in total. The van der Waals surface area contributed by atoms with Crippen LogP contribution in [0.2, 0.25) is 0 Å². The van der Waals surface area contributed by atoms with Gasteiger partial charge < -0.3 is 4.74 Å². The Bertz CT molecular complexity index is 853. The van der Waals surface area contributed by atoms with Gasteiger partial charge in [-0.1, -0.05) is 32.0 Å². The van der Waals surface area contributed by atoms with Crippen molar-refractivity contribution in [2.45, 2.75) is 52.1 Å². The Kier molecular flexibility index (Phi) is 5.67. The van der Waals surface area contributed by atoms with E-state index in [1.165, 1.54) is 0 Å². The van der Waals surface area contributed by atoms with Gasteiger partial charge in [0, 0.05) is 6.61 Å². The van der Waals surface area contributed by atoms with Crippen LogP contribution in [0, 0.1) is 6.92 Å². The van der Waals surface area contributed by atoms with Crippen molar-refractivity contribution in [3.05, 3.63) is 41.7 Å². The van der Waals surface area contributed by atoms with Crippen molar-refractivity contribution in [2.24, 2.45) is 0 Å². The molecule has 2 heterocycles. The largest absolute Gasteiger partial charge is 0.377 e. The number of sulfonamides is 1. The van der Waals surface area contributed by atoms with Crippen LogP contribution in [0.4, 0.5) is 5.69 Å². The number of aromatic nitrogens is 2. The normalized spacial score (nSPS) is 18.2. The van der Waals surface area contributed by atoms with E-state index in [2.05, 4.69) is 9.82 Å². The van der Waals surface area contributed by atoms with Gasteiger partial charge in [0.25, 0.3) is 0 Å². The summed E-state index contributed by atoms with van der Waals surface area (Å²) in [5.74, 6) is 0.0980. The molecule has 1 fully saturated rings. The monoisotopic (exact) mass is 377 g/mol. The summed E-state index contributed by atoms with van der Waals surface area (Å²) in [5, 5.41) is 4.46. The molecule has 0 unspecified atom stereocenters. The van der Waals surface area contributed by atoms with E-state index in [0.29, 0.717) is 12.3 Å². The van der Waals surface area contributed by atoms with Gasteiger partial charge in [-0.2, -0.15) is 5.10 Å². The summed E-state index contributed by atoms with van der Waals surface area (Å²) in [5.41, 5.74) is 3.44. The van der Waals surface area contributed by atoms with E-state index >= 15 is 0 Å². The minimum Gasteiger partial charge on any atom is -0.377 e. The van der Waals surface area contributed by atoms with Crippen LogP contribution in [-0.4, -0.2) is 36.7 Å². The molecular formula is C19H27N3O3S. The van der Waals surface area contributed by atoms with Gasteiger partial charge in [-0.15, -0.1) is 0 Å². The van der Waals surface area contributed by atoms with Gasteiger partial charge in [0.2, 0.25) is 10.0 Å². The second-order valence-electron chi connectivity index (χ2n) is 7.17. The maximum absolute atomic E-state index is 12.6. The number of nitrogens with zero attached hydrogens (tertiary/aromatic N) is 2. The van der Waals surface area contributed by atoms with E-state index in [1.54, 1.807) is 6.20 Å². The number of aryl methyl sites for hydroxylation is 1. The van der Waals surface area contributed by atoms with Crippen molar-refractivity contribution in [2.75, 3.05) is 17.1 Å². The molecule has 1 aromatic carbocycles. The Morgan fingerprint density at radius 2 is 2.08 bits per heavy atom. The van der Waals surface area contributed by atoms with Crippen LogP contribution < -0.4 is 4.72 Å². The van der Waals surface area contributed by atoms with E-state index < -0.39 is 10.0 Å². The minimum absolute atomic E-state index is 0.0138. The molecule has 0 saturated carbocycles. The van der Waals surface area contributed by atoms with Crippen molar-refractivity contribution < 1.29 is 13.2 Å². The van der Waals surface area contributed by atoms with Crippen LogP contribution in [0.1, 0.15) is 50.3 Å². The standard InChI is InChI=1S/C19H27N3O3S/c1-14(2)19-17(12-20-22(19)18-10-5-4-8-15(18)3)21-26(23,24)13-16-9-6-7-11-25-16/h4-5,8,10,12,14,16,21H,6-7,9,11,13H2,1-3H3/t16-/m1/s1. The summed E-state index contributed by atoms with van der Waals surface area (Å²) in [6.45, 7) is 6.73. The summed E-state index contributed by atoms with van der Waals surface area (Å²) >= 11 is 0. The fourth-order valence-corrected chi connectivity index (χ4v) is 4.71. The first-order valence-electron chi connectivity index (χ1n) is 9.13. The van der Waals surface area contributed by atoms with Crippen molar-refractivity contribution in [1.82, 2.24) is 9.78 Å². The third-order valence-corrected chi connectivity index (χ3v) is 5.98. The zero-order valence-electron chi connectivity index (χ0n) is 15.6. The lowest BCUT2D eigenvalue weighted by Gasteiger charge is -2.22. The fraction of sp³-hybridized carbons (Fsp3) is 0.526. The highest BCUT2D eigenvalue weighted by atomic mass is 32.2. The number of anilines is 1. The Balaban J connectivity index is 1.87. The number of hydrogen-bond donors (Lipinski definition) is 1. The molecule has 3 rings (SSSR count). The minimum atomic E-state index is -3.50. The molecule has 26 heavy (non-hydrogen) atoms. The van der Waals surface area contributed by atoms with Gasteiger partial charge >= 0.3 is 0 Å². The zero-order valence-corrected chi connectivity index (χ0v) is 16.4. The third kappa shape index (κ3) is 4.27. The summed E-state index contributed by atoms with van der Waals surface area (Å²) in [6, 6.07) is 7.94. The van der Waals surface area contributed by atoms with Gasteiger partial charge in [0.1, 0.15) is 0 Å². The Labute approximate surface area is 155 Å². The van der Waals surface area contributed by atoms with Gasteiger partial charge in [0.15, 0.2) is 0 Å². The van der Waals surface area contributed by atoms with E-state index in [4.69, 9.17) is 4.74 Å². The van der Waals surface area contributed by atoms with E-state index in [-0.39, 0.29) is 17.8 Å². The van der Waals surface area contributed by atoms with Crippen LogP contribution in [0.15, 0.2) is 30.5 Å². The molecule has 0 spiro atoms. The van der Waals surface area contributed by atoms with Gasteiger partial charge in [0.05, 0.1) is 35.1 Å². The first-order valence-corrected chi connectivity index (χ1v) is 10.8. The van der Waals surface area contributed by atoms with Crippen LogP contribution in [0.25, 0.3) is 5.69 Å². The predicted molar refractivity (Wildman–Crippen MR) is 103 cm³/mol. The highest BCUT2D eigenvalue weighted by Gasteiger charge is 2.25. The molecular weight excluding hydrogens is 350 g/mol. The number of benzene rings is 1. The van der Waals surface area contributed by atoms with Gasteiger partial charge in [-0.25, -0.2) is 13.1 Å². The summed E-state index contributed by atoms with van der Waals surface area (Å²) in [7, 11) is -3.50. The maximum atomic E-state index is 12.6. The second kappa shape index (κ2) is 7.80. The summed E-state index contributed by atoms with van der Waals surface area (Å²) in [6.07, 6.45) is 4.18. The quantitative estimate of drug-likeness (QED) is 0.834. The van der Waals surface area contributed by atoms with Crippen molar-refractivity contribution in [3.63, 3.8) is 0 Å². The molecule has 0 radical (unpaired) electrons. The van der Waals surface area contributed by atoms with Gasteiger partial charge in [-0.05, 0) is 43.7 Å². The molecule has 1 aliphatic rings. The highest BCUT2D eigenvalue weighted by molar-refractivity contribution is 7.92. The molecule has 0 aliphatic carbocycles. The van der Waals surface area contributed by atoms with E-state index in [9.17, 15) is 8.42 Å². The fourth-order valence-electron chi connectivity index (χ4n) is 3.38. The Morgan fingerprint density at radius 1 is 1.31 bits per heavy atom. The average molecular weight is 378 g/mol. The second-order valence-corrected chi connectivity index (χ2v) is 8.94. The van der Waals surface area contributed by atoms with Crippen LogP contribution in [0.5, 0.6) is 0 Å². The number of nitrogens with one attached hydrogen (secondary N) is 1. The highest BCUT2D eigenvalue weighted by Crippen LogP contribution is 2.29. The molecule has 1 saturated heterocycles. The molecule has 2 aromatic rings. The molecule has 0 amide bonds. The topological polar surface area (TPSA) is 73.2 Å². The Hall–Kier alpha value is -1.86. The van der Waals surface area contributed by atoms with Crippen molar-refractivity contribution in [3.8, 4) is 5.69 Å². The molecule has 7 heteroatoms. The third-order valence-electron chi connectivity index (χ3n) is 4.64. The Morgan fingerprint density at radius 3 is 2.73 bits per heavy atom. The maximum Gasteiger partial charge on any atom is 0.235 e. The number of hydrogen-bond acceptors (Lipinski definition) is 4. The number of para-hydroxylation sites is 1. The molecule has 0 bridgehead atoms. The van der Waals surface area contributed by atoms with Crippen molar-refractivity contribution in [1.29, 1.82) is 0 Å². The molecule has 1 aliphatic heterocycles. The zero-order chi connectivity index (χ0) is 18.7. The summed E-state index contributed by atoms with van der Waals surface area (Å²) in [4.78, 5) is 0. The van der Waals surface area contributed by atoms with E-state index in [1.807, 2.05) is 49.7 Å². The van der Waals surface area contributed by atoms with Crippen LogP contribution in [-0.2, 0) is 14.8 Å². The smallest absolute Gasteiger partial charge is 0.235 e. The SMILES string of the molecule is Cc1ccccc1-n1ncc(NS(=O)(=O)C[C@H]2CCCCO2)c1C(C)C. The first-order chi connectivity index (χ1) is 12.4. The molecule has 142 valence electrons. The van der Waals surface area contributed by atoms with Crippen LogP contribution in [0.3, 0.4) is 0 Å². The van der Waals surface area contributed by atoms with Gasteiger partial charge in [-0.3, -0.25) is 4.72 Å². The lowest BCUT2D eigenvalue weighted by molar-refractivity contribution is 0.0306. The van der Waals surface area contributed by atoms with Crippen LogP contribution >= 0.6 is 0 Å². The average Bonchev–Trinajstić information content (AvgIpc) is 2.98. The molecule has 1 aromatic heterocycles. The number of rotatable bonds is 6. The van der Waals surface area contributed by atoms with Crippen molar-refractivity contribution >= 4 is 15.7 Å². The lowest BCUT2D eigenvalue weighted by atomic mass is 10.1. The molecule has 6 nitrogen and oxygen atoms in total. The number of ether oxygens (including phenoxy) is 1. The lowest BCUT2D eigenvalue weighted by Crippen LogP contribution is -2.31. The summed E-state index contributed by atoms with van der Waals surface area (Å²) < 4.78 is 35.4. The first kappa shape index (κ1) is 18.9. The predicted octanol–water partition coefficient (Wildman–Crippen LogP) is 3.61. The van der Waals surface area contributed by atoms with E-state index in [0.717, 1.165) is 36.2 Å². The molecule has 1 atom stereocenters.